The van der Waals surface area contributed by atoms with E-state index in [-0.39, 0.29) is 17.4 Å². The van der Waals surface area contributed by atoms with Crippen LogP contribution in [0.2, 0.25) is 0 Å². The first-order valence-electron chi connectivity index (χ1n) is 5.94. The van der Waals surface area contributed by atoms with Crippen molar-refractivity contribution in [2.45, 2.75) is 45.8 Å². The van der Waals surface area contributed by atoms with Gasteiger partial charge in [-0.3, -0.25) is 4.79 Å². The SMILES string of the molecule is CN(CC1CCCO1)C(=O)[C@H](N)C(C)(C)C. The molecule has 1 heterocycles. The molecule has 0 aromatic carbocycles. The molecule has 1 fully saturated rings. The maximum absolute atomic E-state index is 12.0. The van der Waals surface area contributed by atoms with Crippen LogP contribution >= 0.6 is 0 Å². The van der Waals surface area contributed by atoms with Gasteiger partial charge in [0.25, 0.3) is 0 Å². The van der Waals surface area contributed by atoms with Crippen molar-refractivity contribution in [3.8, 4) is 0 Å². The van der Waals surface area contributed by atoms with Crippen LogP contribution in [0.3, 0.4) is 0 Å². The number of ether oxygens (including phenoxy) is 1. The molecule has 4 heteroatoms. The third-order valence-electron chi connectivity index (χ3n) is 3.08. The number of amides is 1. The zero-order chi connectivity index (χ0) is 12.3. The van der Waals surface area contributed by atoms with E-state index < -0.39 is 6.04 Å². The molecule has 0 bridgehead atoms. The van der Waals surface area contributed by atoms with Crippen molar-refractivity contribution in [2.24, 2.45) is 11.1 Å². The minimum Gasteiger partial charge on any atom is -0.376 e. The summed E-state index contributed by atoms with van der Waals surface area (Å²) >= 11 is 0. The molecule has 0 aromatic heterocycles. The van der Waals surface area contributed by atoms with Gasteiger partial charge >= 0.3 is 0 Å². The lowest BCUT2D eigenvalue weighted by molar-refractivity contribution is -0.135. The number of hydrogen-bond acceptors (Lipinski definition) is 3. The molecular formula is C12H24N2O2. The Kier molecular flexibility index (Phi) is 4.33. The zero-order valence-corrected chi connectivity index (χ0v) is 10.8. The van der Waals surface area contributed by atoms with E-state index in [4.69, 9.17) is 10.5 Å². The number of rotatable bonds is 3. The van der Waals surface area contributed by atoms with Crippen LogP contribution in [0.25, 0.3) is 0 Å². The van der Waals surface area contributed by atoms with Crippen molar-refractivity contribution >= 4 is 5.91 Å². The Bertz CT molecular complexity index is 242. The van der Waals surface area contributed by atoms with E-state index in [1.54, 1.807) is 11.9 Å². The van der Waals surface area contributed by atoms with Crippen molar-refractivity contribution < 1.29 is 9.53 Å². The maximum atomic E-state index is 12.0. The number of carbonyl (C=O) groups is 1. The number of carbonyl (C=O) groups excluding carboxylic acids is 1. The van der Waals surface area contributed by atoms with E-state index in [0.717, 1.165) is 19.4 Å². The molecule has 0 spiro atoms. The van der Waals surface area contributed by atoms with Gasteiger partial charge in [0.15, 0.2) is 0 Å². The van der Waals surface area contributed by atoms with E-state index >= 15 is 0 Å². The molecule has 1 saturated heterocycles. The molecule has 1 amide bonds. The lowest BCUT2D eigenvalue weighted by Crippen LogP contribution is -2.50. The van der Waals surface area contributed by atoms with E-state index in [9.17, 15) is 4.79 Å². The molecule has 2 N–H and O–H groups in total. The Labute approximate surface area is 98.1 Å². The Morgan fingerprint density at radius 1 is 1.56 bits per heavy atom. The maximum Gasteiger partial charge on any atom is 0.239 e. The van der Waals surface area contributed by atoms with Gasteiger partial charge < -0.3 is 15.4 Å². The van der Waals surface area contributed by atoms with Gasteiger partial charge in [-0.25, -0.2) is 0 Å². The second-order valence-corrected chi connectivity index (χ2v) is 5.70. The predicted octanol–water partition coefficient (Wildman–Crippen LogP) is 0.997. The van der Waals surface area contributed by atoms with Gasteiger partial charge in [0, 0.05) is 20.2 Å². The fourth-order valence-electron chi connectivity index (χ4n) is 1.79. The molecule has 1 aliphatic rings. The van der Waals surface area contributed by atoms with E-state index in [1.807, 2.05) is 20.8 Å². The molecule has 1 rings (SSSR count). The van der Waals surface area contributed by atoms with Gasteiger partial charge in [0.1, 0.15) is 0 Å². The standard InChI is InChI=1S/C12H24N2O2/c1-12(2,3)10(13)11(15)14(4)8-9-6-5-7-16-9/h9-10H,5-8,13H2,1-4H3/t9?,10-/m0/s1. The first-order chi connectivity index (χ1) is 7.32. The third-order valence-corrected chi connectivity index (χ3v) is 3.08. The van der Waals surface area contributed by atoms with Crippen molar-refractivity contribution in [1.82, 2.24) is 4.90 Å². The first kappa shape index (κ1) is 13.5. The lowest BCUT2D eigenvalue weighted by Gasteiger charge is -2.31. The van der Waals surface area contributed by atoms with E-state index in [0.29, 0.717) is 6.54 Å². The van der Waals surface area contributed by atoms with Crippen molar-refractivity contribution in [3.05, 3.63) is 0 Å². The minimum atomic E-state index is -0.445. The summed E-state index contributed by atoms with van der Waals surface area (Å²) in [5, 5.41) is 0. The highest BCUT2D eigenvalue weighted by Gasteiger charge is 2.31. The van der Waals surface area contributed by atoms with Crippen LogP contribution in [-0.2, 0) is 9.53 Å². The summed E-state index contributed by atoms with van der Waals surface area (Å²) in [4.78, 5) is 13.7. The van der Waals surface area contributed by atoms with Gasteiger partial charge in [-0.2, -0.15) is 0 Å². The van der Waals surface area contributed by atoms with E-state index in [1.165, 1.54) is 0 Å². The second kappa shape index (κ2) is 5.15. The molecule has 1 aliphatic heterocycles. The summed E-state index contributed by atoms with van der Waals surface area (Å²) in [6.45, 7) is 7.42. The smallest absolute Gasteiger partial charge is 0.239 e. The Hall–Kier alpha value is -0.610. The third kappa shape index (κ3) is 3.46. The fourth-order valence-corrected chi connectivity index (χ4v) is 1.79. The van der Waals surface area contributed by atoms with Crippen LogP contribution in [0.1, 0.15) is 33.6 Å². The van der Waals surface area contributed by atoms with Crippen LogP contribution in [-0.4, -0.2) is 43.2 Å². The molecule has 1 unspecified atom stereocenters. The van der Waals surface area contributed by atoms with Crippen LogP contribution < -0.4 is 5.73 Å². The highest BCUT2D eigenvalue weighted by atomic mass is 16.5. The van der Waals surface area contributed by atoms with Gasteiger partial charge in [-0.15, -0.1) is 0 Å². The average Bonchev–Trinajstić information content (AvgIpc) is 2.66. The number of likely N-dealkylation sites (N-methyl/N-ethyl adjacent to an activating group) is 1. The van der Waals surface area contributed by atoms with E-state index in [2.05, 4.69) is 0 Å². The number of nitrogens with two attached hydrogens (primary N) is 1. The summed E-state index contributed by atoms with van der Waals surface area (Å²) in [6, 6.07) is -0.445. The molecule has 2 atom stereocenters. The van der Waals surface area contributed by atoms with Crippen LogP contribution in [0.15, 0.2) is 0 Å². The van der Waals surface area contributed by atoms with Crippen LogP contribution in [0, 0.1) is 5.41 Å². The summed E-state index contributed by atoms with van der Waals surface area (Å²) in [5.74, 6) is 0.00278. The lowest BCUT2D eigenvalue weighted by atomic mass is 9.86. The normalized spacial score (nSPS) is 23.2. The largest absolute Gasteiger partial charge is 0.376 e. The summed E-state index contributed by atoms with van der Waals surface area (Å²) in [7, 11) is 1.80. The van der Waals surface area contributed by atoms with Gasteiger partial charge in [-0.1, -0.05) is 20.8 Å². The molecule has 0 aromatic rings. The monoisotopic (exact) mass is 228 g/mol. The van der Waals surface area contributed by atoms with Gasteiger partial charge in [0.2, 0.25) is 5.91 Å². The first-order valence-corrected chi connectivity index (χ1v) is 5.94. The van der Waals surface area contributed by atoms with Gasteiger partial charge in [0.05, 0.1) is 12.1 Å². The predicted molar refractivity (Wildman–Crippen MR) is 64.0 cm³/mol. The average molecular weight is 228 g/mol. The second-order valence-electron chi connectivity index (χ2n) is 5.70. The van der Waals surface area contributed by atoms with Crippen molar-refractivity contribution in [3.63, 3.8) is 0 Å². The molecule has 0 aliphatic carbocycles. The quantitative estimate of drug-likeness (QED) is 0.784. The minimum absolute atomic E-state index is 0.00278. The topological polar surface area (TPSA) is 55.6 Å². The molecule has 0 saturated carbocycles. The highest BCUT2D eigenvalue weighted by Crippen LogP contribution is 2.20. The molecule has 0 radical (unpaired) electrons. The van der Waals surface area contributed by atoms with Crippen LogP contribution in [0.4, 0.5) is 0 Å². The molecule has 94 valence electrons. The summed E-state index contributed by atoms with van der Waals surface area (Å²) in [5.41, 5.74) is 5.74. The Balaban J connectivity index is 2.46. The van der Waals surface area contributed by atoms with Crippen molar-refractivity contribution in [2.75, 3.05) is 20.2 Å². The number of hydrogen-bond donors (Lipinski definition) is 1. The summed E-state index contributed by atoms with van der Waals surface area (Å²) < 4.78 is 5.50. The Morgan fingerprint density at radius 2 is 2.19 bits per heavy atom. The fraction of sp³-hybridized carbons (Fsp3) is 0.917. The van der Waals surface area contributed by atoms with Crippen molar-refractivity contribution in [1.29, 1.82) is 0 Å². The van der Waals surface area contributed by atoms with Gasteiger partial charge in [-0.05, 0) is 18.3 Å². The molecule has 4 nitrogen and oxygen atoms in total. The Morgan fingerprint density at radius 3 is 2.62 bits per heavy atom. The highest BCUT2D eigenvalue weighted by molar-refractivity contribution is 5.82. The molecule has 16 heavy (non-hydrogen) atoms. The zero-order valence-electron chi connectivity index (χ0n) is 10.8. The summed E-state index contributed by atoms with van der Waals surface area (Å²) in [6.07, 6.45) is 2.33. The molecular weight excluding hydrogens is 204 g/mol. The number of nitrogens with zero attached hydrogens (tertiary/aromatic N) is 1. The van der Waals surface area contributed by atoms with Crippen LogP contribution in [0.5, 0.6) is 0 Å².